The van der Waals surface area contributed by atoms with E-state index in [0.29, 0.717) is 6.04 Å². The van der Waals surface area contributed by atoms with Crippen LogP contribution in [0.5, 0.6) is 0 Å². The van der Waals surface area contributed by atoms with Gasteiger partial charge in [0.1, 0.15) is 0 Å². The second kappa shape index (κ2) is 5.66. The van der Waals surface area contributed by atoms with E-state index in [1.807, 2.05) is 12.1 Å². The summed E-state index contributed by atoms with van der Waals surface area (Å²) >= 11 is 0. The first-order valence-corrected chi connectivity index (χ1v) is 7.30. The molecule has 0 saturated carbocycles. The van der Waals surface area contributed by atoms with Gasteiger partial charge in [-0.2, -0.15) is 0 Å². The summed E-state index contributed by atoms with van der Waals surface area (Å²) in [6.45, 7) is 3.06. The third-order valence-electron chi connectivity index (χ3n) is 4.09. The predicted molar refractivity (Wildman–Crippen MR) is 83.3 cm³/mol. The van der Waals surface area contributed by atoms with Gasteiger partial charge in [-0.1, -0.05) is 37.3 Å². The first-order valence-electron chi connectivity index (χ1n) is 7.30. The Morgan fingerprint density at radius 1 is 1.29 bits per heavy atom. The summed E-state index contributed by atoms with van der Waals surface area (Å²) in [7, 11) is 0. The molecule has 1 unspecified atom stereocenters. The Hall–Kier alpha value is -2.20. The Labute approximate surface area is 124 Å². The van der Waals surface area contributed by atoms with Crippen molar-refractivity contribution in [2.45, 2.75) is 25.8 Å². The number of fused-ring (bicyclic) bond motifs is 1. The van der Waals surface area contributed by atoms with Crippen LogP contribution in [-0.2, 0) is 6.42 Å². The van der Waals surface area contributed by atoms with E-state index in [1.165, 1.54) is 17.2 Å². The number of hydrogen-bond donors (Lipinski definition) is 1. The van der Waals surface area contributed by atoms with Crippen LogP contribution in [0.15, 0.2) is 42.5 Å². The summed E-state index contributed by atoms with van der Waals surface area (Å²) in [5, 5.41) is 14.5. The molecule has 0 saturated heterocycles. The minimum Gasteiger partial charge on any atom is -0.310 e. The maximum atomic E-state index is 11.0. The molecule has 0 aliphatic heterocycles. The molecule has 21 heavy (non-hydrogen) atoms. The van der Waals surface area contributed by atoms with E-state index < -0.39 is 0 Å². The van der Waals surface area contributed by atoms with Crippen LogP contribution in [0.2, 0.25) is 0 Å². The minimum atomic E-state index is -0.339. The average molecular weight is 282 g/mol. The van der Waals surface area contributed by atoms with Gasteiger partial charge in [-0.3, -0.25) is 10.1 Å². The van der Waals surface area contributed by atoms with E-state index in [-0.39, 0.29) is 10.6 Å². The number of nitrogens with one attached hydrogen (secondary N) is 1. The Morgan fingerprint density at radius 2 is 2.10 bits per heavy atom. The van der Waals surface area contributed by atoms with E-state index in [1.54, 1.807) is 12.1 Å². The molecular weight excluding hydrogens is 264 g/mol. The third-order valence-corrected chi connectivity index (χ3v) is 4.09. The second-order valence-corrected chi connectivity index (χ2v) is 5.33. The van der Waals surface area contributed by atoms with Crippen LogP contribution < -0.4 is 5.32 Å². The zero-order valence-electron chi connectivity index (χ0n) is 12.0. The molecule has 0 spiro atoms. The highest BCUT2D eigenvalue weighted by Crippen LogP contribution is 2.38. The number of hydrogen-bond acceptors (Lipinski definition) is 3. The van der Waals surface area contributed by atoms with E-state index in [0.717, 1.165) is 30.5 Å². The minimum absolute atomic E-state index is 0.145. The van der Waals surface area contributed by atoms with Crippen molar-refractivity contribution in [3.05, 3.63) is 63.7 Å². The fourth-order valence-corrected chi connectivity index (χ4v) is 3.17. The van der Waals surface area contributed by atoms with Gasteiger partial charge in [-0.15, -0.1) is 0 Å². The van der Waals surface area contributed by atoms with Crippen LogP contribution in [0.25, 0.3) is 11.1 Å². The summed E-state index contributed by atoms with van der Waals surface area (Å²) in [6, 6.07) is 13.6. The van der Waals surface area contributed by atoms with Crippen molar-refractivity contribution in [1.82, 2.24) is 5.32 Å². The SMILES string of the molecule is CCNC1CCc2c(-c3cccc([N+](=O)[O-])c3)cccc21. The van der Waals surface area contributed by atoms with Gasteiger partial charge in [0.25, 0.3) is 5.69 Å². The number of nitro groups is 1. The number of nitro benzene ring substituents is 1. The van der Waals surface area contributed by atoms with Crippen molar-refractivity contribution < 1.29 is 4.92 Å². The largest absolute Gasteiger partial charge is 0.310 e. The summed E-state index contributed by atoms with van der Waals surface area (Å²) in [5.74, 6) is 0. The molecule has 1 atom stereocenters. The summed E-state index contributed by atoms with van der Waals surface area (Å²) in [6.07, 6.45) is 2.11. The van der Waals surface area contributed by atoms with Crippen LogP contribution >= 0.6 is 0 Å². The fourth-order valence-electron chi connectivity index (χ4n) is 3.17. The van der Waals surface area contributed by atoms with Crippen molar-refractivity contribution in [2.24, 2.45) is 0 Å². The van der Waals surface area contributed by atoms with Gasteiger partial charge in [0, 0.05) is 18.2 Å². The molecule has 4 nitrogen and oxygen atoms in total. The summed E-state index contributed by atoms with van der Waals surface area (Å²) in [4.78, 5) is 10.6. The molecule has 1 aliphatic carbocycles. The van der Waals surface area contributed by atoms with Gasteiger partial charge in [0.15, 0.2) is 0 Å². The van der Waals surface area contributed by atoms with Crippen LogP contribution in [0.1, 0.15) is 30.5 Å². The topological polar surface area (TPSA) is 55.2 Å². The van der Waals surface area contributed by atoms with E-state index >= 15 is 0 Å². The highest BCUT2D eigenvalue weighted by atomic mass is 16.6. The van der Waals surface area contributed by atoms with Gasteiger partial charge in [-0.25, -0.2) is 0 Å². The molecule has 0 aromatic heterocycles. The zero-order valence-corrected chi connectivity index (χ0v) is 12.0. The molecule has 4 heteroatoms. The van der Waals surface area contributed by atoms with Gasteiger partial charge in [-0.05, 0) is 41.6 Å². The Bertz CT molecular complexity index is 682. The highest BCUT2D eigenvalue weighted by molar-refractivity contribution is 5.71. The van der Waals surface area contributed by atoms with E-state index in [4.69, 9.17) is 0 Å². The number of benzene rings is 2. The molecule has 2 aromatic carbocycles. The Kier molecular flexibility index (Phi) is 3.71. The highest BCUT2D eigenvalue weighted by Gasteiger charge is 2.24. The lowest BCUT2D eigenvalue weighted by atomic mass is 9.96. The van der Waals surface area contributed by atoms with E-state index in [9.17, 15) is 10.1 Å². The quantitative estimate of drug-likeness (QED) is 0.684. The molecule has 108 valence electrons. The molecule has 1 N–H and O–H groups in total. The normalized spacial score (nSPS) is 16.7. The molecule has 3 rings (SSSR count). The lowest BCUT2D eigenvalue weighted by Crippen LogP contribution is -2.18. The van der Waals surface area contributed by atoms with E-state index in [2.05, 4.69) is 24.4 Å². The lowest BCUT2D eigenvalue weighted by molar-refractivity contribution is -0.384. The maximum absolute atomic E-state index is 11.0. The number of rotatable bonds is 4. The van der Waals surface area contributed by atoms with Crippen LogP contribution in [-0.4, -0.2) is 11.5 Å². The van der Waals surface area contributed by atoms with Gasteiger partial charge in [0.2, 0.25) is 0 Å². The second-order valence-electron chi connectivity index (χ2n) is 5.33. The van der Waals surface area contributed by atoms with Crippen LogP contribution in [0.3, 0.4) is 0 Å². The van der Waals surface area contributed by atoms with Crippen molar-refractivity contribution in [1.29, 1.82) is 0 Å². The summed E-state index contributed by atoms with van der Waals surface area (Å²) < 4.78 is 0. The molecule has 0 heterocycles. The molecule has 0 fully saturated rings. The standard InChI is InChI=1S/C17H18N2O2/c1-2-18-17-10-9-15-14(7-4-8-16(15)17)12-5-3-6-13(11-12)19(20)21/h3-8,11,17-18H,2,9-10H2,1H3. The van der Waals surface area contributed by atoms with Gasteiger partial charge < -0.3 is 5.32 Å². The lowest BCUT2D eigenvalue weighted by Gasteiger charge is -2.13. The Balaban J connectivity index is 2.05. The number of non-ortho nitro benzene ring substituents is 1. The smallest absolute Gasteiger partial charge is 0.270 e. The first kappa shape index (κ1) is 13.8. The maximum Gasteiger partial charge on any atom is 0.270 e. The number of nitrogens with zero attached hydrogens (tertiary/aromatic N) is 1. The molecular formula is C17H18N2O2. The first-order chi connectivity index (χ1) is 10.2. The van der Waals surface area contributed by atoms with Crippen molar-refractivity contribution in [3.8, 4) is 11.1 Å². The fraction of sp³-hybridized carbons (Fsp3) is 0.294. The van der Waals surface area contributed by atoms with Gasteiger partial charge in [0.05, 0.1) is 4.92 Å². The van der Waals surface area contributed by atoms with Crippen molar-refractivity contribution in [2.75, 3.05) is 6.54 Å². The predicted octanol–water partition coefficient (Wildman–Crippen LogP) is 3.86. The molecule has 2 aromatic rings. The Morgan fingerprint density at radius 3 is 2.86 bits per heavy atom. The van der Waals surface area contributed by atoms with Crippen LogP contribution in [0, 0.1) is 10.1 Å². The van der Waals surface area contributed by atoms with Crippen molar-refractivity contribution >= 4 is 5.69 Å². The average Bonchev–Trinajstić information content (AvgIpc) is 2.91. The molecule has 0 radical (unpaired) electrons. The molecule has 0 amide bonds. The van der Waals surface area contributed by atoms with Crippen molar-refractivity contribution in [3.63, 3.8) is 0 Å². The van der Waals surface area contributed by atoms with Crippen LogP contribution in [0.4, 0.5) is 5.69 Å². The third kappa shape index (κ3) is 2.54. The molecule has 0 bridgehead atoms. The monoisotopic (exact) mass is 282 g/mol. The van der Waals surface area contributed by atoms with Gasteiger partial charge >= 0.3 is 0 Å². The zero-order chi connectivity index (χ0) is 14.8. The molecule has 1 aliphatic rings. The summed E-state index contributed by atoms with van der Waals surface area (Å²) in [5.41, 5.74) is 4.85.